The van der Waals surface area contributed by atoms with Crippen LogP contribution in [0.2, 0.25) is 0 Å². The molecule has 1 saturated carbocycles. The van der Waals surface area contributed by atoms with Gasteiger partial charge in [-0.15, -0.1) is 0 Å². The van der Waals surface area contributed by atoms with Crippen LogP contribution < -0.4 is 5.32 Å². The van der Waals surface area contributed by atoms with E-state index >= 15 is 0 Å². The standard InChI is InChI=1S/C12H13F4NO/c1-18-9-5-8(6-9)17-11-4-7(12(14,15)16)2-3-10(11)13/h2-4,8-9,17H,5-6H2,1H3. The van der Waals surface area contributed by atoms with Crippen molar-refractivity contribution in [3.63, 3.8) is 0 Å². The molecule has 1 aliphatic rings. The SMILES string of the molecule is COC1CC(Nc2cc(C(F)(F)F)ccc2F)C1. The van der Waals surface area contributed by atoms with Gasteiger partial charge < -0.3 is 10.1 Å². The highest BCUT2D eigenvalue weighted by Crippen LogP contribution is 2.33. The van der Waals surface area contributed by atoms with Gasteiger partial charge in [-0.3, -0.25) is 0 Å². The number of nitrogens with one attached hydrogen (secondary N) is 1. The van der Waals surface area contributed by atoms with E-state index in [0.29, 0.717) is 12.8 Å². The zero-order valence-electron chi connectivity index (χ0n) is 9.72. The van der Waals surface area contributed by atoms with Gasteiger partial charge in [-0.2, -0.15) is 13.2 Å². The average molecular weight is 263 g/mol. The molecule has 100 valence electrons. The van der Waals surface area contributed by atoms with E-state index in [1.165, 1.54) is 0 Å². The number of methoxy groups -OCH3 is 1. The van der Waals surface area contributed by atoms with Gasteiger partial charge in [0.1, 0.15) is 5.82 Å². The molecule has 2 nitrogen and oxygen atoms in total. The van der Waals surface area contributed by atoms with Crippen molar-refractivity contribution < 1.29 is 22.3 Å². The van der Waals surface area contributed by atoms with Crippen molar-refractivity contribution in [1.82, 2.24) is 0 Å². The summed E-state index contributed by atoms with van der Waals surface area (Å²) in [6, 6.07) is 2.33. The smallest absolute Gasteiger partial charge is 0.381 e. The minimum absolute atomic E-state index is 0.0343. The number of benzene rings is 1. The summed E-state index contributed by atoms with van der Waals surface area (Å²) >= 11 is 0. The van der Waals surface area contributed by atoms with Crippen molar-refractivity contribution in [2.24, 2.45) is 0 Å². The molecule has 1 aliphatic carbocycles. The lowest BCUT2D eigenvalue weighted by atomic mass is 9.89. The molecule has 1 aromatic carbocycles. The van der Waals surface area contributed by atoms with Crippen LogP contribution in [0.4, 0.5) is 23.2 Å². The van der Waals surface area contributed by atoms with E-state index < -0.39 is 17.6 Å². The van der Waals surface area contributed by atoms with Crippen LogP contribution in [0.25, 0.3) is 0 Å². The van der Waals surface area contributed by atoms with Crippen molar-refractivity contribution in [2.45, 2.75) is 31.2 Å². The van der Waals surface area contributed by atoms with Crippen LogP contribution in [0.15, 0.2) is 18.2 Å². The fraction of sp³-hybridized carbons (Fsp3) is 0.500. The minimum atomic E-state index is -4.46. The van der Waals surface area contributed by atoms with Crippen molar-refractivity contribution >= 4 is 5.69 Å². The summed E-state index contributed by atoms with van der Waals surface area (Å²) in [5, 5.41) is 2.77. The first-order valence-electron chi connectivity index (χ1n) is 5.56. The molecule has 0 saturated heterocycles. The third kappa shape index (κ3) is 2.75. The van der Waals surface area contributed by atoms with Crippen LogP contribution in [-0.4, -0.2) is 19.3 Å². The van der Waals surface area contributed by atoms with Gasteiger partial charge >= 0.3 is 6.18 Å². The molecule has 1 N–H and O–H groups in total. The second kappa shape index (κ2) is 4.76. The monoisotopic (exact) mass is 263 g/mol. The third-order valence-corrected chi connectivity index (χ3v) is 3.08. The fourth-order valence-electron chi connectivity index (χ4n) is 1.91. The summed E-state index contributed by atoms with van der Waals surface area (Å²) < 4.78 is 55.9. The number of hydrogen-bond donors (Lipinski definition) is 1. The zero-order chi connectivity index (χ0) is 13.3. The average Bonchev–Trinajstić information content (AvgIpc) is 2.23. The summed E-state index contributed by atoms with van der Waals surface area (Å²) in [6.07, 6.45) is -3.01. The molecule has 0 aromatic heterocycles. The largest absolute Gasteiger partial charge is 0.416 e. The molecule has 0 spiro atoms. The molecular weight excluding hydrogens is 250 g/mol. The highest BCUT2D eigenvalue weighted by molar-refractivity contribution is 5.49. The van der Waals surface area contributed by atoms with Gasteiger partial charge in [0.2, 0.25) is 0 Å². The Morgan fingerprint density at radius 2 is 1.94 bits per heavy atom. The van der Waals surface area contributed by atoms with Crippen LogP contribution >= 0.6 is 0 Å². The Morgan fingerprint density at radius 3 is 2.50 bits per heavy atom. The van der Waals surface area contributed by atoms with Gasteiger partial charge in [0.25, 0.3) is 0 Å². The van der Waals surface area contributed by atoms with E-state index in [1.807, 2.05) is 0 Å². The van der Waals surface area contributed by atoms with E-state index in [4.69, 9.17) is 4.74 Å². The summed E-state index contributed by atoms with van der Waals surface area (Å²) in [7, 11) is 1.58. The Morgan fingerprint density at radius 1 is 1.28 bits per heavy atom. The number of rotatable bonds is 3. The minimum Gasteiger partial charge on any atom is -0.381 e. The van der Waals surface area contributed by atoms with E-state index in [1.54, 1.807) is 7.11 Å². The molecule has 1 aromatic rings. The first-order chi connectivity index (χ1) is 8.40. The number of ether oxygens (including phenoxy) is 1. The van der Waals surface area contributed by atoms with E-state index in [2.05, 4.69) is 5.32 Å². The Balaban J connectivity index is 2.08. The van der Waals surface area contributed by atoms with Gasteiger partial charge in [-0.05, 0) is 31.0 Å². The van der Waals surface area contributed by atoms with E-state index in [9.17, 15) is 17.6 Å². The van der Waals surface area contributed by atoms with Gasteiger partial charge in [-0.25, -0.2) is 4.39 Å². The van der Waals surface area contributed by atoms with Crippen LogP contribution in [0, 0.1) is 5.82 Å². The first-order valence-corrected chi connectivity index (χ1v) is 5.56. The molecule has 0 heterocycles. The molecule has 0 amide bonds. The highest BCUT2D eigenvalue weighted by Gasteiger charge is 2.33. The molecule has 0 bridgehead atoms. The van der Waals surface area contributed by atoms with Gasteiger partial charge in [0, 0.05) is 13.2 Å². The molecule has 1 fully saturated rings. The quantitative estimate of drug-likeness (QED) is 0.843. The molecule has 6 heteroatoms. The maximum atomic E-state index is 13.4. The lowest BCUT2D eigenvalue weighted by Crippen LogP contribution is -2.40. The third-order valence-electron chi connectivity index (χ3n) is 3.08. The van der Waals surface area contributed by atoms with Crippen molar-refractivity contribution in [3.05, 3.63) is 29.6 Å². The predicted molar refractivity (Wildman–Crippen MR) is 58.8 cm³/mol. The summed E-state index contributed by atoms with van der Waals surface area (Å²) in [5.41, 5.74) is -0.960. The van der Waals surface area contributed by atoms with Crippen LogP contribution in [-0.2, 0) is 10.9 Å². The van der Waals surface area contributed by atoms with E-state index in [-0.39, 0.29) is 17.8 Å². The lowest BCUT2D eigenvalue weighted by Gasteiger charge is -2.35. The van der Waals surface area contributed by atoms with Gasteiger partial charge in [0.15, 0.2) is 0 Å². The van der Waals surface area contributed by atoms with Crippen LogP contribution in [0.5, 0.6) is 0 Å². The Hall–Kier alpha value is -1.30. The first kappa shape index (κ1) is 13.1. The summed E-state index contributed by atoms with van der Waals surface area (Å²) in [5.74, 6) is -0.677. The number of alkyl halides is 3. The normalized spacial score (nSPS) is 23.6. The van der Waals surface area contributed by atoms with Crippen molar-refractivity contribution in [3.8, 4) is 0 Å². The zero-order valence-corrected chi connectivity index (χ0v) is 9.72. The maximum absolute atomic E-state index is 13.4. The lowest BCUT2D eigenvalue weighted by molar-refractivity contribution is -0.137. The van der Waals surface area contributed by atoms with Crippen LogP contribution in [0.1, 0.15) is 18.4 Å². The number of halogens is 4. The molecular formula is C12H13F4NO. The Labute approximate surface area is 102 Å². The van der Waals surface area contributed by atoms with Gasteiger partial charge in [0.05, 0.1) is 17.4 Å². The summed E-state index contributed by atoms with van der Waals surface area (Å²) in [6.45, 7) is 0. The van der Waals surface area contributed by atoms with Crippen LogP contribution in [0.3, 0.4) is 0 Å². The molecule has 18 heavy (non-hydrogen) atoms. The second-order valence-corrected chi connectivity index (χ2v) is 4.36. The number of anilines is 1. The predicted octanol–water partition coefficient (Wildman–Crippen LogP) is 3.43. The van der Waals surface area contributed by atoms with E-state index in [0.717, 1.165) is 18.2 Å². The highest BCUT2D eigenvalue weighted by atomic mass is 19.4. The van der Waals surface area contributed by atoms with Crippen molar-refractivity contribution in [1.29, 1.82) is 0 Å². The molecule has 0 unspecified atom stereocenters. The maximum Gasteiger partial charge on any atom is 0.416 e. The molecule has 0 atom stereocenters. The molecule has 0 radical (unpaired) electrons. The topological polar surface area (TPSA) is 21.3 Å². The van der Waals surface area contributed by atoms with Gasteiger partial charge in [-0.1, -0.05) is 0 Å². The second-order valence-electron chi connectivity index (χ2n) is 4.36. The molecule has 0 aliphatic heterocycles. The van der Waals surface area contributed by atoms with Crippen molar-refractivity contribution in [2.75, 3.05) is 12.4 Å². The fourth-order valence-corrected chi connectivity index (χ4v) is 1.91. The number of hydrogen-bond acceptors (Lipinski definition) is 2. The molecule has 2 rings (SSSR count). The Kier molecular flexibility index (Phi) is 3.47. The Bertz CT molecular complexity index is 427. The summed E-state index contributed by atoms with van der Waals surface area (Å²) in [4.78, 5) is 0.